The van der Waals surface area contributed by atoms with E-state index in [1.54, 1.807) is 0 Å². The highest BCUT2D eigenvalue weighted by Crippen LogP contribution is 2.35. The summed E-state index contributed by atoms with van der Waals surface area (Å²) in [6, 6.07) is 3.75. The number of carbonyl (C=O) groups is 1. The van der Waals surface area contributed by atoms with Gasteiger partial charge in [-0.25, -0.2) is 9.78 Å². The fraction of sp³-hybridized carbons (Fsp3) is 0.727. The zero-order valence-corrected chi connectivity index (χ0v) is 17.1. The van der Waals surface area contributed by atoms with Gasteiger partial charge in [0.25, 0.3) is 0 Å². The molecule has 3 aliphatic rings. The molecule has 6 heteroatoms. The summed E-state index contributed by atoms with van der Waals surface area (Å²) in [5.74, 6) is 0.901. The van der Waals surface area contributed by atoms with Crippen molar-refractivity contribution in [1.29, 1.82) is 0 Å². The van der Waals surface area contributed by atoms with E-state index < -0.39 is 0 Å². The molecule has 0 atom stereocenters. The average molecular weight is 386 g/mol. The van der Waals surface area contributed by atoms with Crippen LogP contribution < -0.4 is 15.5 Å². The molecule has 0 radical (unpaired) electrons. The second kappa shape index (κ2) is 9.12. The van der Waals surface area contributed by atoms with Crippen LogP contribution in [0.2, 0.25) is 0 Å². The number of pyridine rings is 1. The van der Waals surface area contributed by atoms with Gasteiger partial charge in [-0.15, -0.1) is 0 Å². The number of likely N-dealkylation sites (tertiary alicyclic amines) is 1. The topological polar surface area (TPSA) is 60.5 Å². The Hall–Kier alpha value is -1.82. The largest absolute Gasteiger partial charge is 0.355 e. The first-order chi connectivity index (χ1) is 13.8. The van der Waals surface area contributed by atoms with E-state index in [1.807, 2.05) is 18.3 Å². The van der Waals surface area contributed by atoms with Crippen LogP contribution in [0.5, 0.6) is 0 Å². The van der Waals surface area contributed by atoms with Gasteiger partial charge in [0.1, 0.15) is 0 Å². The van der Waals surface area contributed by atoms with Gasteiger partial charge in [0.2, 0.25) is 0 Å². The summed E-state index contributed by atoms with van der Waals surface area (Å²) in [7, 11) is 0. The van der Waals surface area contributed by atoms with Crippen molar-refractivity contribution in [1.82, 2.24) is 15.2 Å². The van der Waals surface area contributed by atoms with Gasteiger partial charge >= 0.3 is 6.03 Å². The molecule has 2 amide bonds. The van der Waals surface area contributed by atoms with Crippen LogP contribution in [0, 0.1) is 0 Å². The summed E-state index contributed by atoms with van der Waals surface area (Å²) >= 11 is 0. The Balaban J connectivity index is 1.39. The van der Waals surface area contributed by atoms with Crippen molar-refractivity contribution in [3.63, 3.8) is 0 Å². The number of hydrogen-bond donors (Lipinski definition) is 2. The van der Waals surface area contributed by atoms with E-state index in [0.29, 0.717) is 0 Å². The third kappa shape index (κ3) is 4.43. The summed E-state index contributed by atoms with van der Waals surface area (Å²) in [6.07, 6.45) is 14.4. The Kier molecular flexibility index (Phi) is 6.35. The van der Waals surface area contributed by atoms with E-state index in [0.717, 1.165) is 31.1 Å². The molecule has 0 aromatic carbocycles. The molecule has 0 unspecified atom stereocenters. The van der Waals surface area contributed by atoms with Crippen molar-refractivity contribution in [2.45, 2.75) is 69.7 Å². The highest BCUT2D eigenvalue weighted by atomic mass is 16.2. The minimum atomic E-state index is -0.101. The number of nitrogens with one attached hydrogen (secondary N) is 2. The molecule has 6 nitrogen and oxygen atoms in total. The van der Waals surface area contributed by atoms with E-state index in [4.69, 9.17) is 0 Å². The maximum Gasteiger partial charge on any atom is 0.319 e. The van der Waals surface area contributed by atoms with Crippen molar-refractivity contribution in [3.8, 4) is 0 Å². The monoisotopic (exact) mass is 385 g/mol. The quantitative estimate of drug-likeness (QED) is 0.804. The molecular weight excluding hydrogens is 350 g/mol. The van der Waals surface area contributed by atoms with Crippen LogP contribution in [0.4, 0.5) is 16.3 Å². The zero-order valence-electron chi connectivity index (χ0n) is 17.1. The first-order valence-electron chi connectivity index (χ1n) is 11.3. The van der Waals surface area contributed by atoms with Crippen LogP contribution in [0.15, 0.2) is 18.3 Å². The van der Waals surface area contributed by atoms with E-state index in [-0.39, 0.29) is 11.6 Å². The number of nitrogens with zero attached hydrogens (tertiary/aromatic N) is 3. The molecule has 2 N–H and O–H groups in total. The van der Waals surface area contributed by atoms with Gasteiger partial charge in [0.05, 0.1) is 5.69 Å². The highest BCUT2D eigenvalue weighted by molar-refractivity contribution is 5.92. The zero-order chi connectivity index (χ0) is 19.2. The SMILES string of the molecule is O=C(NCC1(N2CCCCC2)CCCCC1)Nc1cccnc1N1CCCC1. The maximum atomic E-state index is 12.8. The molecule has 2 aliphatic heterocycles. The van der Waals surface area contributed by atoms with Gasteiger partial charge in [-0.2, -0.15) is 0 Å². The lowest BCUT2D eigenvalue weighted by atomic mass is 9.79. The smallest absolute Gasteiger partial charge is 0.319 e. The first-order valence-corrected chi connectivity index (χ1v) is 11.3. The van der Waals surface area contributed by atoms with Gasteiger partial charge in [-0.1, -0.05) is 25.7 Å². The van der Waals surface area contributed by atoms with Gasteiger partial charge < -0.3 is 15.5 Å². The van der Waals surface area contributed by atoms with E-state index >= 15 is 0 Å². The van der Waals surface area contributed by atoms with Crippen LogP contribution in [-0.4, -0.2) is 54.2 Å². The van der Waals surface area contributed by atoms with E-state index in [1.165, 1.54) is 77.3 Å². The molecule has 3 heterocycles. The van der Waals surface area contributed by atoms with Crippen molar-refractivity contribution in [2.75, 3.05) is 42.9 Å². The molecule has 1 aromatic heterocycles. The average Bonchev–Trinajstić information content (AvgIpc) is 3.29. The molecule has 3 fully saturated rings. The lowest BCUT2D eigenvalue weighted by molar-refractivity contribution is 0.0358. The Morgan fingerprint density at radius 3 is 2.39 bits per heavy atom. The molecule has 28 heavy (non-hydrogen) atoms. The van der Waals surface area contributed by atoms with Crippen molar-refractivity contribution >= 4 is 17.5 Å². The third-order valence-corrected chi connectivity index (χ3v) is 6.83. The number of urea groups is 1. The van der Waals surface area contributed by atoms with Crippen LogP contribution in [0.3, 0.4) is 0 Å². The van der Waals surface area contributed by atoms with Gasteiger partial charge in [-0.3, -0.25) is 4.90 Å². The molecular formula is C22H35N5O. The van der Waals surface area contributed by atoms with E-state index in [2.05, 4.69) is 25.4 Å². The molecule has 0 bridgehead atoms. The second-order valence-electron chi connectivity index (χ2n) is 8.71. The van der Waals surface area contributed by atoms with Crippen LogP contribution in [0.25, 0.3) is 0 Å². The van der Waals surface area contributed by atoms with Gasteiger partial charge in [-0.05, 0) is 63.7 Å². The number of anilines is 2. The molecule has 154 valence electrons. The van der Waals surface area contributed by atoms with Crippen molar-refractivity contribution < 1.29 is 4.79 Å². The summed E-state index contributed by atoms with van der Waals surface area (Å²) in [6.45, 7) is 5.16. The van der Waals surface area contributed by atoms with Gasteiger partial charge in [0, 0.05) is 31.4 Å². The fourth-order valence-electron chi connectivity index (χ4n) is 5.27. The molecule has 1 saturated carbocycles. The number of piperidine rings is 1. The fourth-order valence-corrected chi connectivity index (χ4v) is 5.27. The Bertz CT molecular complexity index is 646. The summed E-state index contributed by atoms with van der Waals surface area (Å²) in [4.78, 5) is 22.2. The van der Waals surface area contributed by atoms with Crippen LogP contribution >= 0.6 is 0 Å². The minimum absolute atomic E-state index is 0.101. The molecule has 0 spiro atoms. The van der Waals surface area contributed by atoms with Crippen LogP contribution in [0.1, 0.15) is 64.2 Å². The molecule has 2 saturated heterocycles. The molecule has 4 rings (SSSR count). The van der Waals surface area contributed by atoms with Crippen LogP contribution in [-0.2, 0) is 0 Å². The van der Waals surface area contributed by atoms with E-state index in [9.17, 15) is 4.79 Å². The normalized spacial score (nSPS) is 22.8. The number of aromatic nitrogens is 1. The Morgan fingerprint density at radius 2 is 1.64 bits per heavy atom. The standard InChI is InChI=1S/C22H35N5O/c28-21(25-19-10-9-13-23-20(19)26-14-7-8-15-26)24-18-22(11-3-1-4-12-22)27-16-5-2-6-17-27/h9-10,13H,1-8,11-12,14-18H2,(H2,24,25,28). The molecule has 1 aromatic rings. The summed E-state index contributed by atoms with van der Waals surface area (Å²) < 4.78 is 0. The Morgan fingerprint density at radius 1 is 0.964 bits per heavy atom. The number of amides is 2. The second-order valence-corrected chi connectivity index (χ2v) is 8.71. The predicted octanol–water partition coefficient (Wildman–Crippen LogP) is 3.99. The number of rotatable bonds is 5. The number of carbonyl (C=O) groups excluding carboxylic acids is 1. The lowest BCUT2D eigenvalue weighted by Gasteiger charge is -2.48. The lowest BCUT2D eigenvalue weighted by Crippen LogP contribution is -2.58. The number of hydrogen-bond acceptors (Lipinski definition) is 4. The molecule has 1 aliphatic carbocycles. The maximum absolute atomic E-state index is 12.8. The summed E-state index contributed by atoms with van der Waals surface area (Å²) in [5.41, 5.74) is 0.973. The third-order valence-electron chi connectivity index (χ3n) is 6.83. The first kappa shape index (κ1) is 19.5. The highest BCUT2D eigenvalue weighted by Gasteiger charge is 2.38. The predicted molar refractivity (Wildman–Crippen MR) is 114 cm³/mol. The minimum Gasteiger partial charge on any atom is -0.355 e. The van der Waals surface area contributed by atoms with Gasteiger partial charge in [0.15, 0.2) is 5.82 Å². The van der Waals surface area contributed by atoms with Crippen molar-refractivity contribution in [3.05, 3.63) is 18.3 Å². The summed E-state index contributed by atoms with van der Waals surface area (Å²) in [5, 5.41) is 6.29. The Labute approximate surface area is 169 Å². The van der Waals surface area contributed by atoms with Crippen molar-refractivity contribution in [2.24, 2.45) is 0 Å².